The lowest BCUT2D eigenvalue weighted by atomic mass is 9.89. The Morgan fingerprint density at radius 2 is 1.78 bits per heavy atom. The van der Waals surface area contributed by atoms with Gasteiger partial charge < -0.3 is 19.3 Å². The minimum absolute atomic E-state index is 0.142. The van der Waals surface area contributed by atoms with E-state index in [0.29, 0.717) is 17.2 Å². The number of hydrogen-bond donors (Lipinski definition) is 1. The van der Waals surface area contributed by atoms with Gasteiger partial charge in [-0.25, -0.2) is 0 Å². The molecule has 0 saturated carbocycles. The lowest BCUT2D eigenvalue weighted by Crippen LogP contribution is -2.32. The molecule has 0 bridgehead atoms. The lowest BCUT2D eigenvalue weighted by Gasteiger charge is -2.31. The molecular formula is C26H28BrNO4. The van der Waals surface area contributed by atoms with E-state index in [2.05, 4.69) is 39.0 Å². The third-order valence-corrected chi connectivity index (χ3v) is 6.54. The Labute approximate surface area is 197 Å². The van der Waals surface area contributed by atoms with Crippen molar-refractivity contribution in [1.82, 2.24) is 4.90 Å². The SMILES string of the molecule is COc1ccc(-c2c(O)c(OC)cc3c2CN(CCc2cccc(Br)c2)CC3)c(OC)c1. The molecule has 32 heavy (non-hydrogen) atoms. The molecule has 6 heteroatoms. The molecule has 1 aliphatic heterocycles. The fourth-order valence-electron chi connectivity index (χ4n) is 4.35. The number of nitrogens with zero attached hydrogens (tertiary/aromatic N) is 1. The second kappa shape index (κ2) is 9.84. The maximum Gasteiger partial charge on any atom is 0.166 e. The van der Waals surface area contributed by atoms with E-state index in [9.17, 15) is 5.11 Å². The predicted molar refractivity (Wildman–Crippen MR) is 130 cm³/mol. The minimum Gasteiger partial charge on any atom is -0.504 e. The summed E-state index contributed by atoms with van der Waals surface area (Å²) >= 11 is 3.56. The van der Waals surface area contributed by atoms with Gasteiger partial charge in [0.15, 0.2) is 11.5 Å². The first-order valence-corrected chi connectivity index (χ1v) is 11.4. The second-order valence-electron chi connectivity index (χ2n) is 7.91. The Bertz CT molecular complexity index is 1120. The number of methoxy groups -OCH3 is 3. The fraction of sp³-hybridized carbons (Fsp3) is 0.308. The van der Waals surface area contributed by atoms with Gasteiger partial charge in [-0.2, -0.15) is 0 Å². The number of phenols is 1. The molecular weight excluding hydrogens is 470 g/mol. The van der Waals surface area contributed by atoms with Crippen molar-refractivity contribution in [2.75, 3.05) is 34.4 Å². The highest BCUT2D eigenvalue weighted by molar-refractivity contribution is 9.10. The van der Waals surface area contributed by atoms with Crippen molar-refractivity contribution >= 4 is 15.9 Å². The van der Waals surface area contributed by atoms with Crippen LogP contribution in [0.2, 0.25) is 0 Å². The van der Waals surface area contributed by atoms with E-state index < -0.39 is 0 Å². The van der Waals surface area contributed by atoms with Gasteiger partial charge >= 0.3 is 0 Å². The lowest BCUT2D eigenvalue weighted by molar-refractivity contribution is 0.256. The monoisotopic (exact) mass is 497 g/mol. The number of phenolic OH excluding ortho intramolecular Hbond substituents is 1. The van der Waals surface area contributed by atoms with Crippen LogP contribution in [0, 0.1) is 0 Å². The van der Waals surface area contributed by atoms with E-state index in [1.807, 2.05) is 30.3 Å². The van der Waals surface area contributed by atoms with E-state index >= 15 is 0 Å². The molecule has 0 atom stereocenters. The molecule has 0 fully saturated rings. The van der Waals surface area contributed by atoms with Crippen LogP contribution in [0.4, 0.5) is 0 Å². The first kappa shape index (κ1) is 22.5. The average molecular weight is 498 g/mol. The van der Waals surface area contributed by atoms with Crippen molar-refractivity contribution < 1.29 is 19.3 Å². The summed E-state index contributed by atoms with van der Waals surface area (Å²) in [5.74, 6) is 1.99. The van der Waals surface area contributed by atoms with Gasteiger partial charge in [-0.15, -0.1) is 0 Å². The third kappa shape index (κ3) is 4.57. The second-order valence-corrected chi connectivity index (χ2v) is 8.83. The molecule has 0 spiro atoms. The molecule has 3 aromatic rings. The maximum atomic E-state index is 11.1. The zero-order valence-corrected chi connectivity index (χ0v) is 20.2. The summed E-state index contributed by atoms with van der Waals surface area (Å²) in [6.07, 6.45) is 1.87. The highest BCUT2D eigenvalue weighted by atomic mass is 79.9. The number of hydrogen-bond acceptors (Lipinski definition) is 5. The topological polar surface area (TPSA) is 51.2 Å². The maximum absolute atomic E-state index is 11.1. The van der Waals surface area contributed by atoms with Gasteiger partial charge in [0, 0.05) is 41.3 Å². The normalized spacial score (nSPS) is 13.5. The van der Waals surface area contributed by atoms with Crippen molar-refractivity contribution in [3.05, 3.63) is 69.7 Å². The number of ether oxygens (including phenoxy) is 3. The molecule has 5 nitrogen and oxygen atoms in total. The Morgan fingerprint density at radius 1 is 0.969 bits per heavy atom. The number of aromatic hydroxyl groups is 1. The summed E-state index contributed by atoms with van der Waals surface area (Å²) in [7, 11) is 4.85. The quantitative estimate of drug-likeness (QED) is 0.470. The minimum atomic E-state index is 0.142. The van der Waals surface area contributed by atoms with Crippen molar-refractivity contribution in [1.29, 1.82) is 0 Å². The Kier molecular flexibility index (Phi) is 6.92. The number of fused-ring (bicyclic) bond motifs is 1. The fourth-order valence-corrected chi connectivity index (χ4v) is 4.79. The van der Waals surface area contributed by atoms with Crippen LogP contribution in [-0.4, -0.2) is 44.4 Å². The summed E-state index contributed by atoms with van der Waals surface area (Å²) in [5.41, 5.74) is 5.22. The van der Waals surface area contributed by atoms with Crippen LogP contribution >= 0.6 is 15.9 Å². The van der Waals surface area contributed by atoms with Crippen molar-refractivity contribution in [3.63, 3.8) is 0 Å². The number of halogens is 1. The number of rotatable bonds is 7. The zero-order valence-electron chi connectivity index (χ0n) is 18.7. The molecule has 0 aromatic heterocycles. The van der Waals surface area contributed by atoms with E-state index in [4.69, 9.17) is 14.2 Å². The Hall–Kier alpha value is -2.70. The van der Waals surface area contributed by atoms with Gasteiger partial charge in [0.05, 0.1) is 21.3 Å². The molecule has 1 heterocycles. The van der Waals surface area contributed by atoms with Crippen LogP contribution in [0.3, 0.4) is 0 Å². The molecule has 0 aliphatic carbocycles. The smallest absolute Gasteiger partial charge is 0.166 e. The van der Waals surface area contributed by atoms with Crippen LogP contribution in [-0.2, 0) is 19.4 Å². The van der Waals surface area contributed by atoms with Gasteiger partial charge in [-0.3, -0.25) is 4.90 Å². The highest BCUT2D eigenvalue weighted by Gasteiger charge is 2.26. The first-order chi connectivity index (χ1) is 15.5. The van der Waals surface area contributed by atoms with E-state index in [0.717, 1.165) is 53.6 Å². The molecule has 0 amide bonds. The molecule has 1 N–H and O–H groups in total. The van der Waals surface area contributed by atoms with Gasteiger partial charge in [0.1, 0.15) is 11.5 Å². The summed E-state index contributed by atoms with van der Waals surface area (Å²) in [5, 5.41) is 11.1. The molecule has 1 aliphatic rings. The standard InChI is InChI=1S/C26H28BrNO4/c1-30-20-7-8-21(23(15-20)31-2)25-22-16-28(11-9-17-5-4-6-19(27)13-17)12-10-18(22)14-24(32-3)26(25)29/h4-8,13-15,29H,9-12,16H2,1-3H3. The highest BCUT2D eigenvalue weighted by Crippen LogP contribution is 2.47. The number of benzene rings is 3. The third-order valence-electron chi connectivity index (χ3n) is 6.05. The van der Waals surface area contributed by atoms with Gasteiger partial charge in [-0.1, -0.05) is 28.1 Å². The molecule has 4 rings (SSSR count). The predicted octanol–water partition coefficient (Wildman–Crippen LogP) is 5.45. The molecule has 3 aromatic carbocycles. The summed E-state index contributed by atoms with van der Waals surface area (Å²) < 4.78 is 17.6. The van der Waals surface area contributed by atoms with Crippen LogP contribution in [0.5, 0.6) is 23.0 Å². The Balaban J connectivity index is 1.70. The van der Waals surface area contributed by atoms with Gasteiger partial charge in [0.2, 0.25) is 0 Å². The van der Waals surface area contributed by atoms with Gasteiger partial charge in [0.25, 0.3) is 0 Å². The molecule has 0 unspecified atom stereocenters. The Morgan fingerprint density at radius 3 is 2.50 bits per heavy atom. The average Bonchev–Trinajstić information content (AvgIpc) is 2.82. The zero-order chi connectivity index (χ0) is 22.7. The van der Waals surface area contributed by atoms with E-state index in [1.54, 1.807) is 21.3 Å². The van der Waals surface area contributed by atoms with Crippen LogP contribution in [0.25, 0.3) is 11.1 Å². The van der Waals surface area contributed by atoms with Crippen molar-refractivity contribution in [2.45, 2.75) is 19.4 Å². The van der Waals surface area contributed by atoms with Crippen LogP contribution in [0.15, 0.2) is 53.0 Å². The van der Waals surface area contributed by atoms with Gasteiger partial charge in [-0.05, 0) is 59.9 Å². The molecule has 0 saturated heterocycles. The molecule has 168 valence electrons. The summed E-state index contributed by atoms with van der Waals surface area (Å²) in [6, 6.07) is 16.1. The van der Waals surface area contributed by atoms with Crippen molar-refractivity contribution in [2.24, 2.45) is 0 Å². The van der Waals surface area contributed by atoms with Crippen LogP contribution in [0.1, 0.15) is 16.7 Å². The summed E-state index contributed by atoms with van der Waals surface area (Å²) in [4.78, 5) is 2.44. The van der Waals surface area contributed by atoms with E-state index in [1.165, 1.54) is 11.1 Å². The largest absolute Gasteiger partial charge is 0.504 e. The molecule has 0 radical (unpaired) electrons. The van der Waals surface area contributed by atoms with E-state index in [-0.39, 0.29) is 5.75 Å². The first-order valence-electron chi connectivity index (χ1n) is 10.6. The van der Waals surface area contributed by atoms with Crippen LogP contribution < -0.4 is 14.2 Å². The van der Waals surface area contributed by atoms with Crippen molar-refractivity contribution in [3.8, 4) is 34.1 Å². The summed E-state index contributed by atoms with van der Waals surface area (Å²) in [6.45, 7) is 2.67.